The summed E-state index contributed by atoms with van der Waals surface area (Å²) in [6, 6.07) is -2.16. The molecule has 0 spiro atoms. The number of carbonyl (C=O) groups excluding carboxylic acids is 5. The second kappa shape index (κ2) is 15.7. The number of hydrogen-bond donors (Lipinski definition) is 10. The minimum absolute atomic E-state index is 0.127. The van der Waals surface area contributed by atoms with Crippen LogP contribution in [-0.4, -0.2) is 116 Å². The van der Waals surface area contributed by atoms with Crippen molar-refractivity contribution >= 4 is 35.5 Å². The van der Waals surface area contributed by atoms with E-state index in [1.807, 2.05) is 0 Å². The summed E-state index contributed by atoms with van der Waals surface area (Å²) < 4.78 is 0. The van der Waals surface area contributed by atoms with Crippen LogP contribution in [0.3, 0.4) is 0 Å². The Labute approximate surface area is 286 Å². The van der Waals surface area contributed by atoms with Gasteiger partial charge in [-0.25, -0.2) is 0 Å². The Morgan fingerprint density at radius 2 is 0.776 bits per heavy atom. The van der Waals surface area contributed by atoms with Crippen LogP contribution in [0.5, 0.6) is 0 Å². The summed E-state index contributed by atoms with van der Waals surface area (Å²) in [5.41, 5.74) is 6.07. The molecule has 16 nitrogen and oxygen atoms in total. The molecular formula is C33H53N9O7. The minimum atomic E-state index is -0.903. The van der Waals surface area contributed by atoms with Crippen molar-refractivity contribution in [3.63, 3.8) is 0 Å². The largest absolute Gasteiger partial charge is 0.481 e. The van der Waals surface area contributed by atoms with E-state index in [-0.39, 0.29) is 59.5 Å². The van der Waals surface area contributed by atoms with Crippen molar-refractivity contribution in [1.29, 1.82) is 0 Å². The first-order valence-electron chi connectivity index (χ1n) is 18.2. The van der Waals surface area contributed by atoms with E-state index in [0.29, 0.717) is 77.8 Å². The van der Waals surface area contributed by atoms with E-state index in [1.54, 1.807) is 0 Å². The zero-order chi connectivity index (χ0) is 34.7. The molecule has 3 heterocycles. The van der Waals surface area contributed by atoms with E-state index in [1.165, 1.54) is 0 Å². The Balaban J connectivity index is 0.991. The molecule has 0 bridgehead atoms. The monoisotopic (exact) mass is 687 g/mol. The number of aliphatic carboxylic acids is 1. The molecule has 49 heavy (non-hydrogen) atoms. The van der Waals surface area contributed by atoms with Crippen LogP contribution in [-0.2, 0) is 28.8 Å². The molecule has 12 atom stereocenters. The number of carbonyl (C=O) groups is 6. The lowest BCUT2D eigenvalue weighted by Crippen LogP contribution is -2.54. The lowest BCUT2D eigenvalue weighted by Gasteiger charge is -2.28. The molecule has 0 radical (unpaired) electrons. The molecule has 0 aromatic heterocycles. The van der Waals surface area contributed by atoms with Crippen molar-refractivity contribution < 1.29 is 33.9 Å². The lowest BCUT2D eigenvalue weighted by atomic mass is 9.96. The van der Waals surface area contributed by atoms with Crippen molar-refractivity contribution in [3.8, 4) is 0 Å². The van der Waals surface area contributed by atoms with Crippen LogP contribution in [0.15, 0.2) is 0 Å². The Morgan fingerprint density at radius 3 is 1.20 bits per heavy atom. The maximum absolute atomic E-state index is 13.6. The van der Waals surface area contributed by atoms with Crippen LogP contribution in [0, 0.1) is 35.5 Å². The molecule has 0 aromatic rings. The van der Waals surface area contributed by atoms with Gasteiger partial charge in [0.1, 0.15) is 0 Å². The summed E-state index contributed by atoms with van der Waals surface area (Å²) in [7, 11) is 0. The number of hydrogen-bond acceptors (Lipinski definition) is 10. The van der Waals surface area contributed by atoms with Gasteiger partial charge in [0, 0.05) is 63.4 Å². The van der Waals surface area contributed by atoms with Gasteiger partial charge in [-0.3, -0.25) is 28.8 Å². The van der Waals surface area contributed by atoms with Gasteiger partial charge in [0.25, 0.3) is 0 Å². The zero-order valence-corrected chi connectivity index (χ0v) is 28.0. The highest BCUT2D eigenvalue weighted by molar-refractivity contribution is 5.87. The molecule has 3 aliphatic carbocycles. The van der Waals surface area contributed by atoms with Gasteiger partial charge >= 0.3 is 5.97 Å². The van der Waals surface area contributed by atoms with E-state index >= 15 is 0 Å². The van der Waals surface area contributed by atoms with Crippen LogP contribution in [0.2, 0.25) is 0 Å². The van der Waals surface area contributed by atoms with Gasteiger partial charge < -0.3 is 53.4 Å². The first-order valence-corrected chi connectivity index (χ1v) is 18.2. The first-order chi connectivity index (χ1) is 23.6. The highest BCUT2D eigenvalue weighted by Crippen LogP contribution is 2.30. The van der Waals surface area contributed by atoms with Gasteiger partial charge in [0.2, 0.25) is 29.5 Å². The normalized spacial score (nSPS) is 38.6. The van der Waals surface area contributed by atoms with Gasteiger partial charge in [-0.1, -0.05) is 19.3 Å². The lowest BCUT2D eigenvalue weighted by molar-refractivity contribution is -0.142. The van der Waals surface area contributed by atoms with Crippen LogP contribution in [0.4, 0.5) is 0 Å². The number of nitrogens with one attached hydrogen (secondary N) is 8. The maximum Gasteiger partial charge on any atom is 0.308 e. The van der Waals surface area contributed by atoms with Crippen LogP contribution in [0.25, 0.3) is 0 Å². The van der Waals surface area contributed by atoms with Crippen molar-refractivity contribution in [2.24, 2.45) is 41.2 Å². The number of carboxylic acid groups (broad SMARTS) is 1. The van der Waals surface area contributed by atoms with Crippen molar-refractivity contribution in [3.05, 3.63) is 0 Å². The molecule has 3 saturated heterocycles. The summed E-state index contributed by atoms with van der Waals surface area (Å²) in [6.45, 7) is 2.76. The second-order valence-corrected chi connectivity index (χ2v) is 15.0. The van der Waals surface area contributed by atoms with Gasteiger partial charge in [-0.05, 0) is 38.5 Å². The van der Waals surface area contributed by atoms with E-state index in [9.17, 15) is 33.9 Å². The first kappa shape index (κ1) is 35.5. The minimum Gasteiger partial charge on any atom is -0.481 e. The molecule has 5 amide bonds. The quantitative estimate of drug-likeness (QED) is 0.104. The second-order valence-electron chi connectivity index (χ2n) is 15.0. The Hall–Kier alpha value is -3.34. The summed E-state index contributed by atoms with van der Waals surface area (Å²) in [5, 5.41) is 34.2. The molecule has 3 aliphatic heterocycles. The predicted molar refractivity (Wildman–Crippen MR) is 176 cm³/mol. The number of carboxylic acids is 1. The van der Waals surface area contributed by atoms with Crippen LogP contribution in [0.1, 0.15) is 57.8 Å². The van der Waals surface area contributed by atoms with Gasteiger partial charge in [-0.15, -0.1) is 0 Å². The Morgan fingerprint density at radius 1 is 0.429 bits per heavy atom. The molecule has 16 heteroatoms. The van der Waals surface area contributed by atoms with Gasteiger partial charge in [-0.2, -0.15) is 0 Å². The third kappa shape index (κ3) is 8.02. The molecule has 272 valence electrons. The average molecular weight is 688 g/mol. The SMILES string of the molecule is NC1CNCC1C(=O)NC1CCCC1C(=O)NC1CNCC1C(=O)NC1CCCC1C(=O)NC1CNCC1C(=O)NC1CCCC1C(=O)O. The van der Waals surface area contributed by atoms with E-state index in [4.69, 9.17) is 5.73 Å². The molecule has 0 aromatic carbocycles. The Kier molecular flexibility index (Phi) is 11.4. The molecule has 6 aliphatic rings. The van der Waals surface area contributed by atoms with E-state index in [0.717, 1.165) is 19.3 Å². The number of rotatable bonds is 11. The molecule has 6 rings (SSSR count). The molecule has 11 N–H and O–H groups in total. The zero-order valence-electron chi connectivity index (χ0n) is 28.0. The fraction of sp³-hybridized carbons (Fsp3) is 0.818. The van der Waals surface area contributed by atoms with Crippen molar-refractivity contribution in [2.45, 2.75) is 94.0 Å². The summed E-state index contributed by atoms with van der Waals surface area (Å²) >= 11 is 0. The average Bonchev–Trinajstić information content (AvgIpc) is 3.89. The van der Waals surface area contributed by atoms with Crippen LogP contribution >= 0.6 is 0 Å². The summed E-state index contributed by atoms with van der Waals surface area (Å²) in [6.07, 6.45) is 6.13. The predicted octanol–water partition coefficient (Wildman–Crippen LogP) is -3.12. The third-order valence-corrected chi connectivity index (χ3v) is 11.9. The molecule has 6 fully saturated rings. The topological polar surface area (TPSA) is 245 Å². The summed E-state index contributed by atoms with van der Waals surface area (Å²) in [5.74, 6) is -4.66. The smallest absolute Gasteiger partial charge is 0.308 e. The third-order valence-electron chi connectivity index (χ3n) is 11.9. The standard InChI is InChI=1S/C33H53N9O7/c34-22-13-35-10-19(22)30(45)38-23-7-1-4-16(23)28(43)41-26-14-36-11-20(26)31(46)39-24-8-2-5-17(24)29(44)42-27-15-37-12-21(27)32(47)40-25-9-3-6-18(25)33(48)49/h16-27,35-37H,1-15,34H2,(H,38,45)(H,39,46)(H,40,47)(H,41,43)(H,42,44)(H,48,49). The van der Waals surface area contributed by atoms with Gasteiger partial charge in [0.05, 0.1) is 47.6 Å². The summed E-state index contributed by atoms with van der Waals surface area (Å²) in [4.78, 5) is 78.1. The maximum atomic E-state index is 13.6. The van der Waals surface area contributed by atoms with Crippen molar-refractivity contribution in [1.82, 2.24) is 42.5 Å². The van der Waals surface area contributed by atoms with Gasteiger partial charge in [0.15, 0.2) is 0 Å². The fourth-order valence-corrected chi connectivity index (χ4v) is 8.97. The highest BCUT2D eigenvalue weighted by atomic mass is 16.4. The van der Waals surface area contributed by atoms with Crippen molar-refractivity contribution in [2.75, 3.05) is 39.3 Å². The molecule has 12 unspecified atom stereocenters. The molecule has 3 saturated carbocycles. The van der Waals surface area contributed by atoms with Crippen LogP contribution < -0.4 is 48.3 Å². The molecular weight excluding hydrogens is 634 g/mol. The fourth-order valence-electron chi connectivity index (χ4n) is 8.97. The number of nitrogens with two attached hydrogens (primary N) is 1. The Bertz CT molecular complexity index is 1280. The highest BCUT2D eigenvalue weighted by Gasteiger charge is 2.44. The van der Waals surface area contributed by atoms with E-state index < -0.39 is 47.8 Å². The van der Waals surface area contributed by atoms with E-state index in [2.05, 4.69) is 42.5 Å². The number of amides is 5.